The summed E-state index contributed by atoms with van der Waals surface area (Å²) in [6.45, 7) is 14.9. The average molecular weight is 391 g/mol. The Bertz CT molecular complexity index is 1100. The van der Waals surface area contributed by atoms with E-state index in [-0.39, 0.29) is 0 Å². The number of aryl methyl sites for hydroxylation is 5. The van der Waals surface area contributed by atoms with Crippen molar-refractivity contribution in [3.8, 4) is 0 Å². The second-order valence-corrected chi connectivity index (χ2v) is 8.12. The molecule has 0 fully saturated rings. The maximum atomic E-state index is 5.92. The second kappa shape index (κ2) is 7.89. The van der Waals surface area contributed by atoms with Crippen LogP contribution in [-0.2, 0) is 0 Å². The highest BCUT2D eigenvalue weighted by molar-refractivity contribution is 6.31. The summed E-state index contributed by atoms with van der Waals surface area (Å²) in [6.07, 6.45) is 3.62. The van der Waals surface area contributed by atoms with Crippen LogP contribution in [0.3, 0.4) is 0 Å². The quantitative estimate of drug-likeness (QED) is 0.315. The number of pyridine rings is 2. The Balaban J connectivity index is 0.000000161. The third-order valence-corrected chi connectivity index (χ3v) is 5.97. The zero-order valence-electron chi connectivity index (χ0n) is 17.7. The van der Waals surface area contributed by atoms with Crippen LogP contribution in [0, 0.1) is 48.5 Å². The number of benzene rings is 2. The maximum Gasteiger partial charge on any atom is 0.0708 e. The van der Waals surface area contributed by atoms with E-state index in [4.69, 9.17) is 11.6 Å². The lowest BCUT2D eigenvalue weighted by Crippen LogP contribution is -1.91. The fourth-order valence-corrected chi connectivity index (χ4v) is 3.64. The van der Waals surface area contributed by atoms with Crippen LogP contribution in [-0.4, -0.2) is 9.97 Å². The van der Waals surface area contributed by atoms with Gasteiger partial charge in [0.25, 0.3) is 0 Å². The first-order chi connectivity index (χ1) is 13.2. The third kappa shape index (κ3) is 3.88. The molecule has 2 aromatic carbocycles. The number of aromatic nitrogens is 2. The van der Waals surface area contributed by atoms with Crippen molar-refractivity contribution in [2.75, 3.05) is 0 Å². The largest absolute Gasteiger partial charge is 0.256 e. The van der Waals surface area contributed by atoms with E-state index in [1.807, 2.05) is 12.3 Å². The van der Waals surface area contributed by atoms with Crippen LogP contribution < -0.4 is 0 Å². The molecule has 0 aliphatic rings. The Morgan fingerprint density at radius 2 is 1.04 bits per heavy atom. The molecule has 0 unspecified atom stereocenters. The molecule has 2 heterocycles. The highest BCUT2D eigenvalue weighted by atomic mass is 35.5. The van der Waals surface area contributed by atoms with E-state index in [1.165, 1.54) is 44.3 Å². The van der Waals surface area contributed by atoms with E-state index >= 15 is 0 Å². The van der Waals surface area contributed by atoms with Crippen molar-refractivity contribution in [1.82, 2.24) is 9.97 Å². The van der Waals surface area contributed by atoms with Gasteiger partial charge < -0.3 is 0 Å². The van der Waals surface area contributed by atoms with Gasteiger partial charge in [-0.25, -0.2) is 0 Å². The monoisotopic (exact) mass is 390 g/mol. The minimum Gasteiger partial charge on any atom is -0.256 e. The van der Waals surface area contributed by atoms with E-state index < -0.39 is 0 Å². The maximum absolute atomic E-state index is 5.92. The molecule has 0 saturated heterocycles. The summed E-state index contributed by atoms with van der Waals surface area (Å²) in [7, 11) is 0. The van der Waals surface area contributed by atoms with Gasteiger partial charge in [0.05, 0.1) is 16.1 Å². The summed E-state index contributed by atoms with van der Waals surface area (Å²) >= 11 is 5.92. The standard InChI is InChI=1S/C13H15N.C12H12ClN/c1-8-5-12-11(4)10(3)9(2)6-13(12)14-7-8;1-7-4-12-11(9(3)8(7)2)5-10(13)6-14-12/h5-7H,1-4H3;4-6H,1-3H3. The van der Waals surface area contributed by atoms with Crippen LogP contribution in [0.25, 0.3) is 21.8 Å². The fraction of sp³-hybridized carbons (Fsp3) is 0.280. The van der Waals surface area contributed by atoms with Gasteiger partial charge in [0.2, 0.25) is 0 Å². The summed E-state index contributed by atoms with van der Waals surface area (Å²) < 4.78 is 0. The van der Waals surface area contributed by atoms with E-state index in [0.29, 0.717) is 5.02 Å². The Morgan fingerprint density at radius 3 is 1.57 bits per heavy atom. The zero-order valence-corrected chi connectivity index (χ0v) is 18.5. The van der Waals surface area contributed by atoms with Gasteiger partial charge in [-0.15, -0.1) is 0 Å². The lowest BCUT2D eigenvalue weighted by molar-refractivity contribution is 1.26. The molecule has 3 heteroatoms. The minimum absolute atomic E-state index is 0.698. The van der Waals surface area contributed by atoms with Gasteiger partial charge in [0.15, 0.2) is 0 Å². The summed E-state index contributed by atoms with van der Waals surface area (Å²) in [5.74, 6) is 0. The molecule has 0 saturated carbocycles. The third-order valence-electron chi connectivity index (χ3n) is 5.76. The molecule has 2 nitrogen and oxygen atoms in total. The van der Waals surface area contributed by atoms with Crippen LogP contribution in [0.1, 0.15) is 38.9 Å². The number of nitrogens with zero attached hydrogens (tertiary/aromatic N) is 2. The van der Waals surface area contributed by atoms with Crippen molar-refractivity contribution < 1.29 is 0 Å². The molecule has 0 bridgehead atoms. The summed E-state index contributed by atoms with van der Waals surface area (Å²) in [6, 6.07) is 8.46. The van der Waals surface area contributed by atoms with Gasteiger partial charge in [-0.05, 0) is 112 Å². The highest BCUT2D eigenvalue weighted by Crippen LogP contribution is 2.25. The van der Waals surface area contributed by atoms with Crippen molar-refractivity contribution in [1.29, 1.82) is 0 Å². The molecule has 0 aliphatic heterocycles. The lowest BCUT2D eigenvalue weighted by Gasteiger charge is -2.09. The molecule has 144 valence electrons. The first-order valence-electron chi connectivity index (χ1n) is 9.54. The Morgan fingerprint density at radius 1 is 0.571 bits per heavy atom. The van der Waals surface area contributed by atoms with E-state index in [1.54, 1.807) is 6.20 Å². The summed E-state index contributed by atoms with van der Waals surface area (Å²) in [4.78, 5) is 8.76. The Hall–Kier alpha value is -2.45. The number of fused-ring (bicyclic) bond motifs is 2. The minimum atomic E-state index is 0.698. The van der Waals surface area contributed by atoms with Crippen molar-refractivity contribution in [3.05, 3.63) is 80.6 Å². The highest BCUT2D eigenvalue weighted by Gasteiger charge is 2.05. The predicted octanol–water partition coefficient (Wildman–Crippen LogP) is 7.28. The van der Waals surface area contributed by atoms with Crippen molar-refractivity contribution in [2.24, 2.45) is 0 Å². The predicted molar refractivity (Wildman–Crippen MR) is 122 cm³/mol. The normalized spacial score (nSPS) is 10.9. The topological polar surface area (TPSA) is 25.8 Å². The zero-order chi connectivity index (χ0) is 20.6. The number of hydrogen-bond donors (Lipinski definition) is 0. The molecule has 28 heavy (non-hydrogen) atoms. The molecule has 0 radical (unpaired) electrons. The molecule has 4 aromatic rings. The second-order valence-electron chi connectivity index (χ2n) is 7.69. The van der Waals surface area contributed by atoms with Crippen LogP contribution >= 0.6 is 11.6 Å². The van der Waals surface area contributed by atoms with Gasteiger partial charge in [0.1, 0.15) is 0 Å². The first-order valence-corrected chi connectivity index (χ1v) is 9.92. The molecular weight excluding hydrogens is 364 g/mol. The van der Waals surface area contributed by atoms with Gasteiger partial charge in [0, 0.05) is 23.2 Å². The Labute approximate surface area is 172 Å². The molecule has 0 aliphatic carbocycles. The smallest absolute Gasteiger partial charge is 0.0708 e. The molecule has 4 rings (SSSR count). The molecule has 2 aromatic heterocycles. The summed E-state index contributed by atoms with van der Waals surface area (Å²) in [5.41, 5.74) is 11.3. The molecular formula is C25H27ClN2. The first kappa shape index (κ1) is 20.3. The van der Waals surface area contributed by atoms with E-state index in [9.17, 15) is 0 Å². The number of rotatable bonds is 0. The SMILES string of the molecule is Cc1cc2ncc(Cl)cc2c(C)c1C.Cc1cnc2cc(C)c(C)c(C)c2c1. The average Bonchev–Trinajstić information content (AvgIpc) is 2.66. The van der Waals surface area contributed by atoms with E-state index in [2.05, 4.69) is 76.6 Å². The number of halogens is 1. The Kier molecular flexibility index (Phi) is 5.71. The number of hydrogen-bond acceptors (Lipinski definition) is 2. The van der Waals surface area contributed by atoms with Gasteiger partial charge >= 0.3 is 0 Å². The lowest BCUT2D eigenvalue weighted by atomic mass is 9.99. The summed E-state index contributed by atoms with van der Waals surface area (Å²) in [5, 5.41) is 3.14. The molecule has 0 spiro atoms. The van der Waals surface area contributed by atoms with Gasteiger partial charge in [-0.3, -0.25) is 9.97 Å². The molecule has 0 N–H and O–H groups in total. The fourth-order valence-electron chi connectivity index (χ4n) is 3.48. The molecule has 0 amide bonds. The van der Waals surface area contributed by atoms with Crippen LogP contribution in [0.5, 0.6) is 0 Å². The van der Waals surface area contributed by atoms with Gasteiger partial charge in [-0.1, -0.05) is 11.6 Å². The van der Waals surface area contributed by atoms with E-state index in [0.717, 1.165) is 16.4 Å². The van der Waals surface area contributed by atoms with Crippen molar-refractivity contribution in [2.45, 2.75) is 48.5 Å². The van der Waals surface area contributed by atoms with Crippen LogP contribution in [0.4, 0.5) is 0 Å². The molecule has 0 atom stereocenters. The van der Waals surface area contributed by atoms with Crippen molar-refractivity contribution >= 4 is 33.4 Å². The van der Waals surface area contributed by atoms with Gasteiger partial charge in [-0.2, -0.15) is 0 Å². The van der Waals surface area contributed by atoms with Crippen molar-refractivity contribution in [3.63, 3.8) is 0 Å². The van der Waals surface area contributed by atoms with Crippen LogP contribution in [0.2, 0.25) is 5.02 Å². The van der Waals surface area contributed by atoms with Crippen LogP contribution in [0.15, 0.2) is 36.7 Å².